The predicted molar refractivity (Wildman–Crippen MR) is 75.6 cm³/mol. The maximum absolute atomic E-state index is 11.3. The van der Waals surface area contributed by atoms with Crippen molar-refractivity contribution in [2.45, 2.75) is 19.8 Å². The van der Waals surface area contributed by atoms with Gasteiger partial charge in [-0.25, -0.2) is 0 Å². The van der Waals surface area contributed by atoms with Crippen LogP contribution in [0.3, 0.4) is 0 Å². The van der Waals surface area contributed by atoms with Gasteiger partial charge in [0.05, 0.1) is 6.21 Å². The second-order valence-electron chi connectivity index (χ2n) is 3.76. The molecular formula is C13H17BrN2O2. The third kappa shape index (κ3) is 6.39. The van der Waals surface area contributed by atoms with Crippen LogP contribution in [0, 0.1) is 0 Å². The van der Waals surface area contributed by atoms with Gasteiger partial charge in [-0.05, 0) is 24.1 Å². The number of unbranched alkanes of at least 4 members (excludes halogenated alkanes) is 1. The molecule has 0 saturated heterocycles. The fourth-order valence-corrected chi connectivity index (χ4v) is 1.46. The standard InChI is InChI=1S/C13H17BrN2O2/c1-2-3-8-15-13(17)10-18-16-9-11-4-6-12(14)7-5-11/h4-7,9H,2-3,8,10H2,1H3,(H,15,17)/b16-9-. The summed E-state index contributed by atoms with van der Waals surface area (Å²) in [4.78, 5) is 16.2. The van der Waals surface area contributed by atoms with Crippen molar-refractivity contribution >= 4 is 28.1 Å². The molecule has 0 radical (unpaired) electrons. The number of hydrogen-bond donors (Lipinski definition) is 1. The highest BCUT2D eigenvalue weighted by Gasteiger charge is 1.99. The lowest BCUT2D eigenvalue weighted by atomic mass is 10.2. The fraction of sp³-hybridized carbons (Fsp3) is 0.385. The van der Waals surface area contributed by atoms with Gasteiger partial charge >= 0.3 is 0 Å². The predicted octanol–water partition coefficient (Wildman–Crippen LogP) is 2.72. The maximum Gasteiger partial charge on any atom is 0.260 e. The summed E-state index contributed by atoms with van der Waals surface area (Å²) in [6, 6.07) is 7.63. The zero-order chi connectivity index (χ0) is 13.2. The van der Waals surface area contributed by atoms with E-state index in [4.69, 9.17) is 4.84 Å². The Morgan fingerprint density at radius 3 is 2.83 bits per heavy atom. The average molecular weight is 313 g/mol. The summed E-state index contributed by atoms with van der Waals surface area (Å²) in [6.45, 7) is 2.72. The summed E-state index contributed by atoms with van der Waals surface area (Å²) in [5.41, 5.74) is 0.921. The van der Waals surface area contributed by atoms with Gasteiger partial charge in [0.25, 0.3) is 5.91 Å². The van der Waals surface area contributed by atoms with Crippen molar-refractivity contribution in [1.29, 1.82) is 0 Å². The molecule has 0 aliphatic rings. The number of carbonyl (C=O) groups is 1. The molecule has 0 aliphatic carbocycles. The van der Waals surface area contributed by atoms with Crippen LogP contribution >= 0.6 is 15.9 Å². The van der Waals surface area contributed by atoms with E-state index in [0.29, 0.717) is 6.54 Å². The van der Waals surface area contributed by atoms with Crippen molar-refractivity contribution in [3.8, 4) is 0 Å². The summed E-state index contributed by atoms with van der Waals surface area (Å²) >= 11 is 3.35. The van der Waals surface area contributed by atoms with Crippen LogP contribution < -0.4 is 5.32 Å². The molecule has 1 aromatic carbocycles. The van der Waals surface area contributed by atoms with Gasteiger partial charge in [-0.15, -0.1) is 0 Å². The molecule has 1 aromatic rings. The van der Waals surface area contributed by atoms with Crippen LogP contribution in [-0.2, 0) is 9.63 Å². The first kappa shape index (κ1) is 14.7. The van der Waals surface area contributed by atoms with Gasteiger partial charge in [-0.2, -0.15) is 0 Å². The SMILES string of the molecule is CCCCNC(=O)CO/N=C\c1ccc(Br)cc1. The summed E-state index contributed by atoms with van der Waals surface area (Å²) < 4.78 is 1.01. The number of benzene rings is 1. The molecule has 0 unspecified atom stereocenters. The molecule has 1 rings (SSSR count). The highest BCUT2D eigenvalue weighted by Crippen LogP contribution is 2.08. The van der Waals surface area contributed by atoms with Gasteiger partial charge in [0.2, 0.25) is 0 Å². The van der Waals surface area contributed by atoms with E-state index in [0.717, 1.165) is 22.9 Å². The Morgan fingerprint density at radius 2 is 2.17 bits per heavy atom. The lowest BCUT2D eigenvalue weighted by molar-refractivity contribution is -0.125. The second-order valence-corrected chi connectivity index (χ2v) is 4.68. The van der Waals surface area contributed by atoms with Gasteiger partial charge in [-0.3, -0.25) is 4.79 Å². The molecule has 0 atom stereocenters. The van der Waals surface area contributed by atoms with E-state index in [1.165, 1.54) is 0 Å². The van der Waals surface area contributed by atoms with Crippen LogP contribution in [0.4, 0.5) is 0 Å². The minimum absolute atomic E-state index is 0.0449. The first-order chi connectivity index (χ1) is 8.72. The fourth-order valence-electron chi connectivity index (χ4n) is 1.20. The molecule has 0 aromatic heterocycles. The minimum atomic E-state index is -0.142. The van der Waals surface area contributed by atoms with Crippen molar-refractivity contribution in [2.75, 3.05) is 13.2 Å². The highest BCUT2D eigenvalue weighted by molar-refractivity contribution is 9.10. The molecule has 0 fully saturated rings. The van der Waals surface area contributed by atoms with Crippen LogP contribution in [0.2, 0.25) is 0 Å². The highest BCUT2D eigenvalue weighted by atomic mass is 79.9. The molecule has 0 aliphatic heterocycles. The monoisotopic (exact) mass is 312 g/mol. The third-order valence-corrected chi connectivity index (χ3v) is 2.72. The lowest BCUT2D eigenvalue weighted by Gasteiger charge is -2.02. The van der Waals surface area contributed by atoms with Gasteiger partial charge in [0, 0.05) is 11.0 Å². The van der Waals surface area contributed by atoms with Crippen LogP contribution in [-0.4, -0.2) is 25.3 Å². The van der Waals surface area contributed by atoms with Crippen LogP contribution in [0.5, 0.6) is 0 Å². The van der Waals surface area contributed by atoms with Gasteiger partial charge in [0.1, 0.15) is 0 Å². The first-order valence-electron chi connectivity index (χ1n) is 5.90. The Kier molecular flexibility index (Phi) is 7.10. The number of oxime groups is 1. The largest absolute Gasteiger partial charge is 0.386 e. The van der Waals surface area contributed by atoms with E-state index in [-0.39, 0.29) is 12.5 Å². The molecule has 0 bridgehead atoms. The smallest absolute Gasteiger partial charge is 0.260 e. The lowest BCUT2D eigenvalue weighted by Crippen LogP contribution is -2.27. The molecule has 4 nitrogen and oxygen atoms in total. The summed E-state index contributed by atoms with van der Waals surface area (Å²) in [6.07, 6.45) is 3.61. The quantitative estimate of drug-likeness (QED) is 0.478. The zero-order valence-electron chi connectivity index (χ0n) is 10.4. The second kappa shape index (κ2) is 8.69. The van der Waals surface area contributed by atoms with Crippen molar-refractivity contribution < 1.29 is 9.63 Å². The molecule has 18 heavy (non-hydrogen) atoms. The minimum Gasteiger partial charge on any atom is -0.386 e. The normalized spacial score (nSPS) is 10.6. The zero-order valence-corrected chi connectivity index (χ0v) is 11.9. The molecule has 0 spiro atoms. The average Bonchev–Trinajstić information content (AvgIpc) is 2.37. The van der Waals surface area contributed by atoms with Crippen LogP contribution in [0.1, 0.15) is 25.3 Å². The molecule has 1 N–H and O–H groups in total. The Labute approximate surface area is 116 Å². The van der Waals surface area contributed by atoms with Crippen molar-refractivity contribution in [1.82, 2.24) is 5.32 Å². The maximum atomic E-state index is 11.3. The number of rotatable bonds is 7. The van der Waals surface area contributed by atoms with Gasteiger partial charge in [0.15, 0.2) is 6.61 Å². The van der Waals surface area contributed by atoms with Crippen LogP contribution in [0.25, 0.3) is 0 Å². The Morgan fingerprint density at radius 1 is 1.44 bits per heavy atom. The molecular weight excluding hydrogens is 296 g/mol. The van der Waals surface area contributed by atoms with Crippen LogP contribution in [0.15, 0.2) is 33.9 Å². The van der Waals surface area contributed by atoms with Gasteiger partial charge in [-0.1, -0.05) is 46.6 Å². The molecule has 98 valence electrons. The van der Waals surface area contributed by atoms with E-state index < -0.39 is 0 Å². The number of halogens is 1. The van der Waals surface area contributed by atoms with E-state index in [1.54, 1.807) is 6.21 Å². The number of amides is 1. The van der Waals surface area contributed by atoms with Crippen molar-refractivity contribution in [2.24, 2.45) is 5.16 Å². The van der Waals surface area contributed by atoms with E-state index in [1.807, 2.05) is 24.3 Å². The molecule has 5 heteroatoms. The van der Waals surface area contributed by atoms with Gasteiger partial charge < -0.3 is 10.2 Å². The summed E-state index contributed by atoms with van der Waals surface area (Å²) in [5, 5.41) is 6.48. The molecule has 0 saturated carbocycles. The Bertz CT molecular complexity index is 390. The topological polar surface area (TPSA) is 50.7 Å². The van der Waals surface area contributed by atoms with E-state index >= 15 is 0 Å². The van der Waals surface area contributed by atoms with E-state index in [9.17, 15) is 4.79 Å². The number of hydrogen-bond acceptors (Lipinski definition) is 3. The summed E-state index contributed by atoms with van der Waals surface area (Å²) in [7, 11) is 0. The molecule has 0 heterocycles. The number of nitrogens with one attached hydrogen (secondary N) is 1. The van der Waals surface area contributed by atoms with E-state index in [2.05, 4.69) is 33.3 Å². The van der Waals surface area contributed by atoms with Crippen molar-refractivity contribution in [3.05, 3.63) is 34.3 Å². The Balaban J connectivity index is 2.20. The number of nitrogens with zero attached hydrogens (tertiary/aromatic N) is 1. The van der Waals surface area contributed by atoms with Crippen molar-refractivity contribution in [3.63, 3.8) is 0 Å². The molecule has 1 amide bonds. The number of carbonyl (C=O) groups excluding carboxylic acids is 1. The first-order valence-corrected chi connectivity index (χ1v) is 6.69. The summed E-state index contributed by atoms with van der Waals surface area (Å²) in [5.74, 6) is -0.142. The Hall–Kier alpha value is -1.36. The third-order valence-electron chi connectivity index (χ3n) is 2.19.